The fourth-order valence-electron chi connectivity index (χ4n) is 3.20. The van der Waals surface area contributed by atoms with E-state index in [4.69, 9.17) is 0 Å². The molecule has 0 radical (unpaired) electrons. The molecule has 1 heterocycles. The number of hydrogen-bond acceptors (Lipinski definition) is 2. The molecule has 3 rings (SSSR count). The summed E-state index contributed by atoms with van der Waals surface area (Å²) in [4.78, 5) is 16.6. The second-order valence-corrected chi connectivity index (χ2v) is 6.42. The average Bonchev–Trinajstić information content (AvgIpc) is 2.91. The number of hydrogen-bond donors (Lipinski definition) is 1. The second kappa shape index (κ2) is 7.44. The van der Waals surface area contributed by atoms with Crippen LogP contribution >= 0.6 is 0 Å². The number of rotatable bonds is 7. The zero-order chi connectivity index (χ0) is 16.1. The molecule has 2 aromatic rings. The molecule has 1 saturated carbocycles. The third-order valence-corrected chi connectivity index (χ3v) is 4.82. The first kappa shape index (κ1) is 15.8. The molecule has 0 saturated heterocycles. The lowest BCUT2D eigenvalue weighted by atomic mass is 9.77. The van der Waals surface area contributed by atoms with Crippen molar-refractivity contribution in [2.24, 2.45) is 5.92 Å². The third-order valence-electron chi connectivity index (χ3n) is 4.82. The standard InChI is InChI=1S/C19H25N3O/c1-15-20-12-14-22(15)13-6-11-18(23)21-19(17-9-5-10-17)16-7-3-2-4-8-16/h2-4,7-8,12,14,17,19H,5-6,9-11,13H2,1H3,(H,21,23)/t19-/m1/s1. The molecule has 1 aromatic heterocycles. The highest BCUT2D eigenvalue weighted by Crippen LogP contribution is 2.37. The van der Waals surface area contributed by atoms with E-state index in [9.17, 15) is 4.79 Å². The molecular formula is C19H25N3O. The van der Waals surface area contributed by atoms with Gasteiger partial charge in [-0.25, -0.2) is 4.98 Å². The number of imidazole rings is 1. The summed E-state index contributed by atoms with van der Waals surface area (Å²) in [5.41, 5.74) is 1.23. The minimum Gasteiger partial charge on any atom is -0.349 e. The van der Waals surface area contributed by atoms with Crippen molar-refractivity contribution in [1.29, 1.82) is 0 Å². The SMILES string of the molecule is Cc1nccn1CCCC(=O)N[C@H](c1ccccc1)C1CCC1. The number of benzene rings is 1. The number of aryl methyl sites for hydroxylation is 2. The van der Waals surface area contributed by atoms with Gasteiger partial charge >= 0.3 is 0 Å². The van der Waals surface area contributed by atoms with Crippen LogP contribution in [0.1, 0.15) is 49.5 Å². The van der Waals surface area contributed by atoms with Crippen LogP contribution in [0, 0.1) is 12.8 Å². The first-order valence-electron chi connectivity index (χ1n) is 8.56. The van der Waals surface area contributed by atoms with Gasteiger partial charge in [0.25, 0.3) is 0 Å². The molecule has 1 amide bonds. The average molecular weight is 311 g/mol. The highest BCUT2D eigenvalue weighted by Gasteiger charge is 2.29. The molecular weight excluding hydrogens is 286 g/mol. The summed E-state index contributed by atoms with van der Waals surface area (Å²) in [6.45, 7) is 2.83. The minimum absolute atomic E-state index is 0.156. The van der Waals surface area contributed by atoms with Crippen LogP contribution in [0.15, 0.2) is 42.7 Å². The number of amides is 1. The van der Waals surface area contributed by atoms with E-state index >= 15 is 0 Å². The van der Waals surface area contributed by atoms with Gasteiger partial charge in [-0.1, -0.05) is 36.8 Å². The Morgan fingerprint density at radius 1 is 1.35 bits per heavy atom. The second-order valence-electron chi connectivity index (χ2n) is 6.42. The molecule has 0 bridgehead atoms. The number of carbonyl (C=O) groups excluding carboxylic acids is 1. The summed E-state index contributed by atoms with van der Waals surface area (Å²) >= 11 is 0. The van der Waals surface area contributed by atoms with Crippen molar-refractivity contribution in [2.45, 2.75) is 51.6 Å². The first-order chi connectivity index (χ1) is 11.2. The Balaban J connectivity index is 1.53. The van der Waals surface area contributed by atoms with Crippen molar-refractivity contribution < 1.29 is 4.79 Å². The van der Waals surface area contributed by atoms with Crippen molar-refractivity contribution in [3.8, 4) is 0 Å². The van der Waals surface area contributed by atoms with Crippen LogP contribution in [0.3, 0.4) is 0 Å². The maximum Gasteiger partial charge on any atom is 0.220 e. The zero-order valence-corrected chi connectivity index (χ0v) is 13.7. The van der Waals surface area contributed by atoms with E-state index in [0.717, 1.165) is 18.8 Å². The molecule has 122 valence electrons. The molecule has 4 heteroatoms. The van der Waals surface area contributed by atoms with E-state index < -0.39 is 0 Å². The first-order valence-corrected chi connectivity index (χ1v) is 8.56. The molecule has 1 N–H and O–H groups in total. The predicted octanol–water partition coefficient (Wildman–Crippen LogP) is 3.63. The Kier molecular flexibility index (Phi) is 5.11. The van der Waals surface area contributed by atoms with E-state index in [0.29, 0.717) is 12.3 Å². The molecule has 1 fully saturated rings. The Morgan fingerprint density at radius 3 is 2.74 bits per heavy atom. The summed E-state index contributed by atoms with van der Waals surface area (Å²) in [6.07, 6.45) is 8.89. The van der Waals surface area contributed by atoms with Gasteiger partial charge in [-0.3, -0.25) is 4.79 Å². The number of nitrogens with one attached hydrogen (secondary N) is 1. The van der Waals surface area contributed by atoms with Crippen LogP contribution in [-0.4, -0.2) is 15.5 Å². The van der Waals surface area contributed by atoms with Crippen molar-refractivity contribution in [3.05, 3.63) is 54.1 Å². The van der Waals surface area contributed by atoms with Gasteiger partial charge in [0.05, 0.1) is 6.04 Å². The molecule has 1 aliphatic rings. The lowest BCUT2D eigenvalue weighted by Crippen LogP contribution is -2.36. The molecule has 23 heavy (non-hydrogen) atoms. The third kappa shape index (κ3) is 4.01. The van der Waals surface area contributed by atoms with Gasteiger partial charge in [0, 0.05) is 25.4 Å². The van der Waals surface area contributed by atoms with Gasteiger partial charge in [-0.15, -0.1) is 0 Å². The van der Waals surface area contributed by atoms with E-state index in [1.165, 1.54) is 24.8 Å². The summed E-state index contributed by atoms with van der Waals surface area (Å²) in [5.74, 6) is 1.75. The minimum atomic E-state index is 0.156. The lowest BCUT2D eigenvalue weighted by Gasteiger charge is -2.34. The van der Waals surface area contributed by atoms with Gasteiger partial charge in [-0.05, 0) is 37.7 Å². The largest absolute Gasteiger partial charge is 0.349 e. The molecule has 1 atom stereocenters. The van der Waals surface area contributed by atoms with Crippen LogP contribution in [0.2, 0.25) is 0 Å². The van der Waals surface area contributed by atoms with Crippen LogP contribution in [-0.2, 0) is 11.3 Å². The number of nitrogens with zero attached hydrogens (tertiary/aromatic N) is 2. The van der Waals surface area contributed by atoms with Crippen LogP contribution in [0.25, 0.3) is 0 Å². The lowest BCUT2D eigenvalue weighted by molar-refractivity contribution is -0.122. The van der Waals surface area contributed by atoms with Crippen molar-refractivity contribution >= 4 is 5.91 Å². The molecule has 1 aromatic carbocycles. The van der Waals surface area contributed by atoms with Gasteiger partial charge in [0.1, 0.15) is 5.82 Å². The van der Waals surface area contributed by atoms with Gasteiger partial charge in [0.15, 0.2) is 0 Å². The number of aromatic nitrogens is 2. The Hall–Kier alpha value is -2.10. The summed E-state index contributed by atoms with van der Waals surface area (Å²) in [6, 6.07) is 10.5. The smallest absolute Gasteiger partial charge is 0.220 e. The Morgan fingerprint density at radius 2 is 2.13 bits per heavy atom. The molecule has 0 spiro atoms. The molecule has 1 aliphatic carbocycles. The summed E-state index contributed by atoms with van der Waals surface area (Å²) < 4.78 is 2.09. The van der Waals surface area contributed by atoms with Crippen LogP contribution in [0.4, 0.5) is 0 Å². The van der Waals surface area contributed by atoms with Crippen molar-refractivity contribution in [1.82, 2.24) is 14.9 Å². The molecule has 0 unspecified atom stereocenters. The Bertz CT molecular complexity index is 631. The fourth-order valence-corrected chi connectivity index (χ4v) is 3.20. The van der Waals surface area contributed by atoms with Crippen LogP contribution < -0.4 is 5.32 Å². The highest BCUT2D eigenvalue weighted by atomic mass is 16.1. The maximum absolute atomic E-state index is 12.3. The van der Waals surface area contributed by atoms with Gasteiger partial charge < -0.3 is 9.88 Å². The van der Waals surface area contributed by atoms with Crippen LogP contribution in [0.5, 0.6) is 0 Å². The number of carbonyl (C=O) groups is 1. The van der Waals surface area contributed by atoms with E-state index in [1.807, 2.05) is 19.2 Å². The summed E-state index contributed by atoms with van der Waals surface area (Å²) in [7, 11) is 0. The zero-order valence-electron chi connectivity index (χ0n) is 13.7. The quantitative estimate of drug-likeness (QED) is 0.849. The van der Waals surface area contributed by atoms with E-state index in [2.05, 4.69) is 39.1 Å². The topological polar surface area (TPSA) is 46.9 Å². The maximum atomic E-state index is 12.3. The monoisotopic (exact) mass is 311 g/mol. The fraction of sp³-hybridized carbons (Fsp3) is 0.474. The Labute approximate surface area is 137 Å². The summed E-state index contributed by atoms with van der Waals surface area (Å²) in [5, 5.41) is 3.27. The van der Waals surface area contributed by atoms with Crippen molar-refractivity contribution in [3.63, 3.8) is 0 Å². The molecule has 4 nitrogen and oxygen atoms in total. The predicted molar refractivity (Wildman–Crippen MR) is 90.9 cm³/mol. The van der Waals surface area contributed by atoms with Crippen molar-refractivity contribution in [2.75, 3.05) is 0 Å². The van der Waals surface area contributed by atoms with E-state index in [-0.39, 0.29) is 11.9 Å². The highest BCUT2D eigenvalue weighted by molar-refractivity contribution is 5.76. The van der Waals surface area contributed by atoms with Gasteiger partial charge in [-0.2, -0.15) is 0 Å². The van der Waals surface area contributed by atoms with Gasteiger partial charge in [0.2, 0.25) is 5.91 Å². The normalized spacial score (nSPS) is 15.9. The van der Waals surface area contributed by atoms with E-state index in [1.54, 1.807) is 6.20 Å². The molecule has 0 aliphatic heterocycles.